The van der Waals surface area contributed by atoms with E-state index in [9.17, 15) is 13.2 Å². The Labute approximate surface area is 186 Å². The van der Waals surface area contributed by atoms with Gasteiger partial charge in [-0.05, 0) is 46.1 Å². The first-order valence-electron chi connectivity index (χ1n) is 11.2. The zero-order valence-electron chi connectivity index (χ0n) is 19.4. The molecule has 7 heteroatoms. The summed E-state index contributed by atoms with van der Waals surface area (Å²) in [5.41, 5.74) is 2.56. The molecule has 0 saturated carbocycles. The molecule has 3 rings (SSSR count). The largest absolute Gasteiger partial charge is 0.350 e. The van der Waals surface area contributed by atoms with Crippen molar-refractivity contribution in [3.63, 3.8) is 0 Å². The quantitative estimate of drug-likeness (QED) is 0.667. The molecule has 1 aliphatic rings. The molecule has 0 atom stereocenters. The lowest BCUT2D eigenvalue weighted by molar-refractivity contribution is 0.0757. The number of sulfonamides is 1. The van der Waals surface area contributed by atoms with E-state index in [1.807, 2.05) is 67.6 Å². The maximum atomic E-state index is 14.0. The second-order valence-corrected chi connectivity index (χ2v) is 10.6. The summed E-state index contributed by atoms with van der Waals surface area (Å²) >= 11 is 0. The molecule has 6 nitrogen and oxygen atoms in total. The Morgan fingerprint density at radius 2 is 1.58 bits per heavy atom. The number of hydrogen-bond donors (Lipinski definition) is 0. The highest BCUT2D eigenvalue weighted by atomic mass is 32.2. The number of rotatable bonds is 6. The second-order valence-electron chi connectivity index (χ2n) is 8.77. The normalized spacial score (nSPS) is 15.5. The SMILES string of the molecule is Cc1c(C(=O)N2CCCCCC2)c(S(=O)(=O)N(Cc2ccccc2)C(C)C)c(C)n1C. The number of hydrogen-bond acceptors (Lipinski definition) is 3. The van der Waals surface area contributed by atoms with Crippen LogP contribution < -0.4 is 0 Å². The average Bonchev–Trinajstić information content (AvgIpc) is 2.92. The zero-order chi connectivity index (χ0) is 22.8. The van der Waals surface area contributed by atoms with E-state index in [-0.39, 0.29) is 23.4 Å². The van der Waals surface area contributed by atoms with Crippen molar-refractivity contribution in [3.8, 4) is 0 Å². The summed E-state index contributed by atoms with van der Waals surface area (Å²) in [4.78, 5) is 15.6. The summed E-state index contributed by atoms with van der Waals surface area (Å²) in [6, 6.07) is 9.35. The molecule has 0 radical (unpaired) electrons. The highest BCUT2D eigenvalue weighted by Gasteiger charge is 2.37. The first kappa shape index (κ1) is 23.5. The number of likely N-dealkylation sites (tertiary alicyclic amines) is 1. The third kappa shape index (κ3) is 4.72. The summed E-state index contributed by atoms with van der Waals surface area (Å²) in [7, 11) is -2.06. The van der Waals surface area contributed by atoms with Crippen LogP contribution in [0.5, 0.6) is 0 Å². The average molecular weight is 446 g/mol. The van der Waals surface area contributed by atoms with Gasteiger partial charge in [-0.15, -0.1) is 0 Å². The van der Waals surface area contributed by atoms with Crippen LogP contribution in [0.2, 0.25) is 0 Å². The van der Waals surface area contributed by atoms with Gasteiger partial charge in [0.25, 0.3) is 5.91 Å². The Balaban J connectivity index is 2.09. The van der Waals surface area contributed by atoms with E-state index < -0.39 is 10.0 Å². The third-order valence-corrected chi connectivity index (χ3v) is 8.54. The van der Waals surface area contributed by atoms with Gasteiger partial charge in [0.2, 0.25) is 10.0 Å². The summed E-state index contributed by atoms with van der Waals surface area (Å²) in [5.74, 6) is -0.162. The summed E-state index contributed by atoms with van der Waals surface area (Å²) in [6.07, 6.45) is 4.15. The Kier molecular flexibility index (Phi) is 7.27. The Hall–Kier alpha value is -2.12. The summed E-state index contributed by atoms with van der Waals surface area (Å²) in [5, 5.41) is 0. The molecule has 2 aromatic rings. The number of benzene rings is 1. The van der Waals surface area contributed by atoms with Crippen LogP contribution in [0.25, 0.3) is 0 Å². The van der Waals surface area contributed by atoms with Crippen LogP contribution in [-0.2, 0) is 23.6 Å². The van der Waals surface area contributed by atoms with Crippen molar-refractivity contribution in [1.29, 1.82) is 0 Å². The molecule has 0 N–H and O–H groups in total. The fraction of sp³-hybridized carbons (Fsp3) is 0.542. The molecule has 0 bridgehead atoms. The van der Waals surface area contributed by atoms with Crippen molar-refractivity contribution in [3.05, 3.63) is 52.8 Å². The fourth-order valence-corrected chi connectivity index (χ4v) is 6.45. The van der Waals surface area contributed by atoms with Crippen molar-refractivity contribution in [2.24, 2.45) is 7.05 Å². The van der Waals surface area contributed by atoms with E-state index in [1.54, 1.807) is 6.92 Å². The minimum atomic E-state index is -3.89. The van der Waals surface area contributed by atoms with Crippen molar-refractivity contribution < 1.29 is 13.2 Å². The lowest BCUT2D eigenvalue weighted by atomic mass is 10.2. The van der Waals surface area contributed by atoms with Crippen molar-refractivity contribution in [2.75, 3.05) is 13.1 Å². The van der Waals surface area contributed by atoms with E-state index in [2.05, 4.69) is 0 Å². The van der Waals surface area contributed by atoms with E-state index >= 15 is 0 Å². The maximum Gasteiger partial charge on any atom is 0.257 e. The summed E-state index contributed by atoms with van der Waals surface area (Å²) in [6.45, 7) is 9.02. The molecule has 1 aromatic heterocycles. The Bertz CT molecular complexity index is 1020. The third-order valence-electron chi connectivity index (χ3n) is 6.35. The molecular weight excluding hydrogens is 410 g/mol. The Morgan fingerprint density at radius 1 is 1.00 bits per heavy atom. The number of carbonyl (C=O) groups is 1. The van der Waals surface area contributed by atoms with Gasteiger partial charge in [0, 0.05) is 44.1 Å². The molecule has 1 amide bonds. The molecule has 1 fully saturated rings. The lowest BCUT2D eigenvalue weighted by Gasteiger charge is -2.27. The molecule has 1 saturated heterocycles. The van der Waals surface area contributed by atoms with E-state index in [4.69, 9.17) is 0 Å². The van der Waals surface area contributed by atoms with Crippen LogP contribution >= 0.6 is 0 Å². The van der Waals surface area contributed by atoms with Gasteiger partial charge in [-0.25, -0.2) is 8.42 Å². The molecule has 31 heavy (non-hydrogen) atoms. The number of aromatic nitrogens is 1. The number of nitrogens with zero attached hydrogens (tertiary/aromatic N) is 3. The monoisotopic (exact) mass is 445 g/mol. The first-order valence-corrected chi connectivity index (χ1v) is 12.6. The predicted octanol–water partition coefficient (Wildman–Crippen LogP) is 4.26. The van der Waals surface area contributed by atoms with E-state index in [0.717, 1.165) is 31.2 Å². The van der Waals surface area contributed by atoms with Gasteiger partial charge in [-0.2, -0.15) is 4.31 Å². The highest BCUT2D eigenvalue weighted by Crippen LogP contribution is 2.32. The minimum absolute atomic E-state index is 0.159. The molecule has 1 aromatic carbocycles. The predicted molar refractivity (Wildman–Crippen MR) is 124 cm³/mol. The van der Waals surface area contributed by atoms with Crippen LogP contribution in [0, 0.1) is 13.8 Å². The highest BCUT2D eigenvalue weighted by molar-refractivity contribution is 7.89. The van der Waals surface area contributed by atoms with Gasteiger partial charge >= 0.3 is 0 Å². The first-order chi connectivity index (χ1) is 14.7. The molecule has 2 heterocycles. The molecule has 170 valence electrons. The molecule has 0 unspecified atom stereocenters. The molecule has 0 spiro atoms. The van der Waals surface area contributed by atoms with Gasteiger partial charge in [-0.1, -0.05) is 43.2 Å². The molecule has 1 aliphatic heterocycles. The second kappa shape index (κ2) is 9.57. The molecular formula is C24H35N3O3S. The van der Waals surface area contributed by atoms with Crippen LogP contribution in [0.4, 0.5) is 0 Å². The number of amides is 1. The maximum absolute atomic E-state index is 14.0. The van der Waals surface area contributed by atoms with E-state index in [1.165, 1.54) is 4.31 Å². The van der Waals surface area contributed by atoms with Crippen LogP contribution in [-0.4, -0.2) is 47.2 Å². The van der Waals surface area contributed by atoms with Crippen molar-refractivity contribution in [2.45, 2.75) is 70.9 Å². The number of carbonyl (C=O) groups excluding carboxylic acids is 1. The smallest absolute Gasteiger partial charge is 0.257 e. The van der Waals surface area contributed by atoms with Gasteiger partial charge in [-0.3, -0.25) is 4.79 Å². The van der Waals surface area contributed by atoms with Gasteiger partial charge in [0.15, 0.2) is 0 Å². The van der Waals surface area contributed by atoms with Gasteiger partial charge in [0.1, 0.15) is 4.90 Å². The van der Waals surface area contributed by atoms with Crippen LogP contribution in [0.15, 0.2) is 35.2 Å². The minimum Gasteiger partial charge on any atom is -0.350 e. The van der Waals surface area contributed by atoms with Crippen LogP contribution in [0.1, 0.15) is 66.8 Å². The van der Waals surface area contributed by atoms with E-state index in [0.29, 0.717) is 30.0 Å². The van der Waals surface area contributed by atoms with Crippen molar-refractivity contribution >= 4 is 15.9 Å². The topological polar surface area (TPSA) is 62.6 Å². The molecule has 0 aliphatic carbocycles. The lowest BCUT2D eigenvalue weighted by Crippen LogP contribution is -2.38. The summed E-state index contributed by atoms with van der Waals surface area (Å²) < 4.78 is 31.3. The van der Waals surface area contributed by atoms with Gasteiger partial charge in [0.05, 0.1) is 5.56 Å². The fourth-order valence-electron chi connectivity index (χ4n) is 4.34. The zero-order valence-corrected chi connectivity index (χ0v) is 20.2. The standard InChI is InChI=1S/C24H35N3O3S/c1-18(2)27(17-21-13-9-8-10-14-21)31(29,30)23-20(4)25(5)19(3)22(23)24(28)26-15-11-6-7-12-16-26/h8-10,13-14,18H,6-7,11-12,15-17H2,1-5H3. The van der Waals surface area contributed by atoms with Crippen LogP contribution in [0.3, 0.4) is 0 Å². The van der Waals surface area contributed by atoms with Crippen molar-refractivity contribution in [1.82, 2.24) is 13.8 Å². The Morgan fingerprint density at radius 3 is 2.13 bits per heavy atom. The van der Waals surface area contributed by atoms with Gasteiger partial charge < -0.3 is 9.47 Å².